The maximum Gasteiger partial charge on any atom is 0.142 e. The molecule has 0 aliphatic carbocycles. The van der Waals surface area contributed by atoms with Crippen molar-refractivity contribution >= 4 is 22.6 Å². The van der Waals surface area contributed by atoms with E-state index in [1.54, 1.807) is 7.11 Å². The Morgan fingerprint density at radius 3 is 2.80 bits per heavy atom. The van der Waals surface area contributed by atoms with E-state index in [0.29, 0.717) is 5.02 Å². The first-order valence-electron chi connectivity index (χ1n) is 6.54. The summed E-state index contributed by atoms with van der Waals surface area (Å²) in [4.78, 5) is 7.95. The van der Waals surface area contributed by atoms with Gasteiger partial charge < -0.3 is 9.72 Å². The van der Waals surface area contributed by atoms with Crippen molar-refractivity contribution in [1.82, 2.24) is 9.97 Å². The lowest BCUT2D eigenvalue weighted by molar-refractivity contribution is 0.416. The van der Waals surface area contributed by atoms with E-state index in [-0.39, 0.29) is 0 Å². The molecule has 1 N–H and O–H groups in total. The molecule has 3 aromatic rings. The van der Waals surface area contributed by atoms with Gasteiger partial charge in [-0.15, -0.1) is 0 Å². The molecular weight excluding hydrogens is 272 g/mol. The molecule has 20 heavy (non-hydrogen) atoms. The summed E-state index contributed by atoms with van der Waals surface area (Å²) in [7, 11) is 1.64. The van der Waals surface area contributed by atoms with Gasteiger partial charge in [-0.2, -0.15) is 0 Å². The standard InChI is InChI=1S/C16H15ClN2O/c1-3-10-4-6-13-14(8-10)19-16(18-13)12-9-11(17)5-7-15(12)20-2/h4-9H,3H2,1-2H3,(H,18,19). The van der Waals surface area contributed by atoms with Gasteiger partial charge in [-0.1, -0.05) is 24.6 Å². The van der Waals surface area contributed by atoms with E-state index in [0.717, 1.165) is 34.6 Å². The molecular formula is C16H15ClN2O. The highest BCUT2D eigenvalue weighted by Crippen LogP contribution is 2.32. The monoisotopic (exact) mass is 286 g/mol. The Morgan fingerprint density at radius 2 is 2.05 bits per heavy atom. The van der Waals surface area contributed by atoms with Gasteiger partial charge in [-0.05, 0) is 42.3 Å². The van der Waals surface area contributed by atoms with Crippen LogP contribution in [0.1, 0.15) is 12.5 Å². The number of aromatic amines is 1. The lowest BCUT2D eigenvalue weighted by atomic mass is 10.1. The summed E-state index contributed by atoms with van der Waals surface area (Å²) in [5.41, 5.74) is 4.13. The number of hydrogen-bond donors (Lipinski definition) is 1. The van der Waals surface area contributed by atoms with E-state index in [9.17, 15) is 0 Å². The van der Waals surface area contributed by atoms with Crippen molar-refractivity contribution in [2.45, 2.75) is 13.3 Å². The highest BCUT2D eigenvalue weighted by atomic mass is 35.5. The van der Waals surface area contributed by atoms with Gasteiger partial charge in [-0.3, -0.25) is 0 Å². The van der Waals surface area contributed by atoms with Gasteiger partial charge in [0.15, 0.2) is 0 Å². The number of rotatable bonds is 3. The van der Waals surface area contributed by atoms with Crippen molar-refractivity contribution in [1.29, 1.82) is 0 Å². The summed E-state index contributed by atoms with van der Waals surface area (Å²) < 4.78 is 5.38. The number of nitrogens with zero attached hydrogens (tertiary/aromatic N) is 1. The average molecular weight is 287 g/mol. The SMILES string of the molecule is CCc1ccc2nc(-c3cc(Cl)ccc3OC)[nH]c2c1. The van der Waals surface area contributed by atoms with Crippen LogP contribution < -0.4 is 4.74 Å². The van der Waals surface area contributed by atoms with Crippen LogP contribution in [0.15, 0.2) is 36.4 Å². The largest absolute Gasteiger partial charge is 0.496 e. The number of fused-ring (bicyclic) bond motifs is 1. The Labute approximate surface area is 122 Å². The van der Waals surface area contributed by atoms with Crippen LogP contribution in [0.5, 0.6) is 5.75 Å². The molecule has 3 rings (SSSR count). The molecule has 0 saturated heterocycles. The van der Waals surface area contributed by atoms with E-state index in [4.69, 9.17) is 16.3 Å². The van der Waals surface area contributed by atoms with Crippen LogP contribution in [-0.4, -0.2) is 17.1 Å². The number of nitrogens with one attached hydrogen (secondary N) is 1. The highest BCUT2D eigenvalue weighted by Gasteiger charge is 2.11. The van der Waals surface area contributed by atoms with Crippen LogP contribution in [0.2, 0.25) is 5.02 Å². The molecule has 0 atom stereocenters. The van der Waals surface area contributed by atoms with Gasteiger partial charge >= 0.3 is 0 Å². The number of imidazole rings is 1. The first kappa shape index (κ1) is 13.0. The van der Waals surface area contributed by atoms with Crippen LogP contribution in [0, 0.1) is 0 Å². The number of ether oxygens (including phenoxy) is 1. The Hall–Kier alpha value is -2.00. The van der Waals surface area contributed by atoms with Crippen LogP contribution in [0.4, 0.5) is 0 Å². The minimum absolute atomic E-state index is 0.663. The van der Waals surface area contributed by atoms with E-state index in [2.05, 4.69) is 29.0 Å². The van der Waals surface area contributed by atoms with E-state index in [1.165, 1.54) is 5.56 Å². The van der Waals surface area contributed by atoms with E-state index < -0.39 is 0 Å². The topological polar surface area (TPSA) is 37.9 Å². The average Bonchev–Trinajstić information content (AvgIpc) is 2.89. The molecule has 0 amide bonds. The zero-order chi connectivity index (χ0) is 14.1. The van der Waals surface area contributed by atoms with Gasteiger partial charge in [0.05, 0.1) is 23.7 Å². The molecule has 3 nitrogen and oxygen atoms in total. The number of benzene rings is 2. The molecule has 0 unspecified atom stereocenters. The Morgan fingerprint density at radius 1 is 1.20 bits per heavy atom. The second-order valence-electron chi connectivity index (χ2n) is 4.64. The van der Waals surface area contributed by atoms with Crippen molar-refractivity contribution in [3.05, 3.63) is 47.0 Å². The minimum atomic E-state index is 0.663. The lowest BCUT2D eigenvalue weighted by Gasteiger charge is -2.06. The second kappa shape index (κ2) is 5.17. The number of methoxy groups -OCH3 is 1. The van der Waals surface area contributed by atoms with Crippen molar-refractivity contribution in [3.8, 4) is 17.1 Å². The molecule has 1 heterocycles. The third-order valence-electron chi connectivity index (χ3n) is 3.37. The van der Waals surface area contributed by atoms with Crippen LogP contribution in [0.3, 0.4) is 0 Å². The molecule has 0 aliphatic heterocycles. The highest BCUT2D eigenvalue weighted by molar-refractivity contribution is 6.30. The molecule has 102 valence electrons. The number of aromatic nitrogens is 2. The van der Waals surface area contributed by atoms with Crippen molar-refractivity contribution in [3.63, 3.8) is 0 Å². The fraction of sp³-hybridized carbons (Fsp3) is 0.188. The summed E-state index contributed by atoms with van der Waals surface area (Å²) in [6.45, 7) is 2.14. The number of aryl methyl sites for hydroxylation is 1. The Balaban J connectivity index is 2.17. The summed E-state index contributed by atoms with van der Waals surface area (Å²) in [5.74, 6) is 1.52. The van der Waals surface area contributed by atoms with Crippen LogP contribution in [0.25, 0.3) is 22.4 Å². The summed E-state index contributed by atoms with van der Waals surface area (Å²) in [6, 6.07) is 11.8. The zero-order valence-electron chi connectivity index (χ0n) is 11.4. The summed E-state index contributed by atoms with van der Waals surface area (Å²) in [5, 5.41) is 0.663. The Bertz CT molecular complexity index is 764. The molecule has 1 aromatic heterocycles. The maximum absolute atomic E-state index is 6.07. The number of halogens is 1. The predicted molar refractivity (Wildman–Crippen MR) is 82.5 cm³/mol. The third-order valence-corrected chi connectivity index (χ3v) is 3.61. The van der Waals surface area contributed by atoms with Crippen molar-refractivity contribution in [2.75, 3.05) is 7.11 Å². The molecule has 0 fully saturated rings. The normalized spacial score (nSPS) is 10.9. The van der Waals surface area contributed by atoms with Crippen molar-refractivity contribution in [2.24, 2.45) is 0 Å². The molecule has 0 aliphatic rings. The number of hydrogen-bond acceptors (Lipinski definition) is 2. The van der Waals surface area contributed by atoms with E-state index >= 15 is 0 Å². The fourth-order valence-electron chi connectivity index (χ4n) is 2.27. The van der Waals surface area contributed by atoms with Crippen molar-refractivity contribution < 1.29 is 4.74 Å². The van der Waals surface area contributed by atoms with Crippen LogP contribution in [-0.2, 0) is 6.42 Å². The molecule has 4 heteroatoms. The molecule has 0 radical (unpaired) electrons. The molecule has 0 spiro atoms. The smallest absolute Gasteiger partial charge is 0.142 e. The van der Waals surface area contributed by atoms with Crippen LogP contribution >= 0.6 is 11.6 Å². The van der Waals surface area contributed by atoms with Gasteiger partial charge in [-0.25, -0.2) is 4.98 Å². The Kier molecular flexibility index (Phi) is 3.36. The van der Waals surface area contributed by atoms with Gasteiger partial charge in [0.25, 0.3) is 0 Å². The zero-order valence-corrected chi connectivity index (χ0v) is 12.2. The molecule has 0 saturated carbocycles. The predicted octanol–water partition coefficient (Wildman–Crippen LogP) is 4.45. The molecule has 2 aromatic carbocycles. The van der Waals surface area contributed by atoms with Gasteiger partial charge in [0.1, 0.15) is 11.6 Å². The molecule has 0 bridgehead atoms. The lowest BCUT2D eigenvalue weighted by Crippen LogP contribution is -1.89. The fourth-order valence-corrected chi connectivity index (χ4v) is 2.44. The van der Waals surface area contributed by atoms with E-state index in [1.807, 2.05) is 24.3 Å². The summed E-state index contributed by atoms with van der Waals surface area (Å²) >= 11 is 6.07. The number of H-pyrrole nitrogens is 1. The summed E-state index contributed by atoms with van der Waals surface area (Å²) in [6.07, 6.45) is 1.00. The quantitative estimate of drug-likeness (QED) is 0.772. The van der Waals surface area contributed by atoms with Gasteiger partial charge in [0.2, 0.25) is 0 Å². The third kappa shape index (κ3) is 2.25. The second-order valence-corrected chi connectivity index (χ2v) is 5.07. The first-order chi connectivity index (χ1) is 9.71. The maximum atomic E-state index is 6.07. The minimum Gasteiger partial charge on any atom is -0.496 e. The van der Waals surface area contributed by atoms with Gasteiger partial charge in [0, 0.05) is 5.02 Å². The first-order valence-corrected chi connectivity index (χ1v) is 6.91.